The predicted molar refractivity (Wildman–Crippen MR) is 123 cm³/mol. The largest absolute Gasteiger partial charge is 0.478 e. The SMILES string of the molecule is CN1C(=O)C(=Cc2ccc(-c3cc(Cl)ccc3Cl)o2)SC1=Nc1cccc(C(=O)O)c1. The van der Waals surface area contributed by atoms with Crippen molar-refractivity contribution in [2.75, 3.05) is 7.05 Å². The number of amidine groups is 1. The second-order valence-electron chi connectivity index (χ2n) is 6.55. The fourth-order valence-corrected chi connectivity index (χ4v) is 4.21. The van der Waals surface area contributed by atoms with Crippen LogP contribution in [-0.4, -0.2) is 34.1 Å². The Morgan fingerprint density at radius 1 is 1.16 bits per heavy atom. The number of carbonyl (C=O) groups is 2. The molecular weight excluding hydrogens is 459 g/mol. The summed E-state index contributed by atoms with van der Waals surface area (Å²) in [5.41, 5.74) is 1.22. The first kappa shape index (κ1) is 21.2. The van der Waals surface area contributed by atoms with Crippen LogP contribution >= 0.6 is 35.0 Å². The topological polar surface area (TPSA) is 83.1 Å². The maximum atomic E-state index is 12.6. The molecule has 0 aliphatic carbocycles. The van der Waals surface area contributed by atoms with Gasteiger partial charge in [-0.05, 0) is 60.3 Å². The standard InChI is InChI=1S/C22H14Cl2N2O4S/c1-26-20(27)19(31-22(26)25-14-4-2-3-12(9-14)21(28)29)11-15-6-8-18(30-15)16-10-13(23)5-7-17(16)24/h2-11H,1H3,(H,28,29). The summed E-state index contributed by atoms with van der Waals surface area (Å²) in [7, 11) is 1.61. The van der Waals surface area contributed by atoms with E-state index in [1.54, 1.807) is 55.6 Å². The van der Waals surface area contributed by atoms with Crippen LogP contribution in [0.2, 0.25) is 10.0 Å². The minimum absolute atomic E-state index is 0.123. The summed E-state index contributed by atoms with van der Waals surface area (Å²) in [6.07, 6.45) is 1.63. The number of aromatic carboxylic acids is 1. The molecule has 2 aromatic carbocycles. The van der Waals surface area contributed by atoms with Crippen LogP contribution in [0.5, 0.6) is 0 Å². The van der Waals surface area contributed by atoms with Crippen LogP contribution in [-0.2, 0) is 4.79 Å². The van der Waals surface area contributed by atoms with E-state index in [9.17, 15) is 9.59 Å². The van der Waals surface area contributed by atoms with Crippen LogP contribution in [0.15, 0.2) is 68.9 Å². The number of likely N-dealkylation sites (N-methyl/N-ethyl adjacent to an activating group) is 1. The van der Waals surface area contributed by atoms with Crippen molar-refractivity contribution in [3.8, 4) is 11.3 Å². The highest BCUT2D eigenvalue weighted by Gasteiger charge is 2.30. The number of carboxylic acids is 1. The highest BCUT2D eigenvalue weighted by Crippen LogP contribution is 2.36. The molecule has 1 N–H and O–H groups in total. The fourth-order valence-electron chi connectivity index (χ4n) is 2.86. The third-order valence-electron chi connectivity index (χ3n) is 4.42. The van der Waals surface area contributed by atoms with Gasteiger partial charge >= 0.3 is 5.97 Å². The van der Waals surface area contributed by atoms with E-state index in [2.05, 4.69) is 4.99 Å². The van der Waals surface area contributed by atoms with Gasteiger partial charge in [-0.25, -0.2) is 9.79 Å². The van der Waals surface area contributed by atoms with Crippen molar-refractivity contribution in [2.45, 2.75) is 0 Å². The summed E-state index contributed by atoms with van der Waals surface area (Å²) in [5, 5.41) is 10.6. The van der Waals surface area contributed by atoms with Gasteiger partial charge in [0, 0.05) is 23.7 Å². The van der Waals surface area contributed by atoms with Gasteiger partial charge < -0.3 is 9.52 Å². The number of hydrogen-bond acceptors (Lipinski definition) is 5. The van der Waals surface area contributed by atoms with Gasteiger partial charge in [-0.15, -0.1) is 0 Å². The van der Waals surface area contributed by atoms with Gasteiger partial charge in [0.05, 0.1) is 21.2 Å². The third kappa shape index (κ3) is 4.54. The first-order valence-electron chi connectivity index (χ1n) is 8.97. The van der Waals surface area contributed by atoms with E-state index in [0.29, 0.717) is 42.9 Å². The lowest BCUT2D eigenvalue weighted by Crippen LogP contribution is -2.23. The van der Waals surface area contributed by atoms with Crippen LogP contribution in [0.1, 0.15) is 16.1 Å². The van der Waals surface area contributed by atoms with E-state index in [1.165, 1.54) is 28.8 Å². The number of nitrogens with zero attached hydrogens (tertiary/aromatic N) is 2. The van der Waals surface area contributed by atoms with E-state index in [1.807, 2.05) is 0 Å². The molecule has 9 heteroatoms. The third-order valence-corrected chi connectivity index (χ3v) is 6.04. The number of thioether (sulfide) groups is 1. The van der Waals surface area contributed by atoms with Gasteiger partial charge in [0.15, 0.2) is 5.17 Å². The summed E-state index contributed by atoms with van der Waals surface area (Å²) >= 11 is 13.4. The van der Waals surface area contributed by atoms with Crippen LogP contribution in [0.4, 0.5) is 5.69 Å². The Bertz CT molecular complexity index is 1270. The minimum Gasteiger partial charge on any atom is -0.478 e. The molecule has 1 aliphatic heterocycles. The maximum Gasteiger partial charge on any atom is 0.335 e. The van der Waals surface area contributed by atoms with Crippen LogP contribution in [0.25, 0.3) is 17.4 Å². The molecule has 1 aliphatic rings. The molecule has 2 heterocycles. The van der Waals surface area contributed by atoms with Gasteiger partial charge in [-0.3, -0.25) is 9.69 Å². The maximum absolute atomic E-state index is 12.6. The summed E-state index contributed by atoms with van der Waals surface area (Å²) in [6.45, 7) is 0. The molecule has 1 fully saturated rings. The highest BCUT2D eigenvalue weighted by molar-refractivity contribution is 8.18. The number of furan rings is 1. The summed E-state index contributed by atoms with van der Waals surface area (Å²) in [4.78, 5) is 30.0. The van der Waals surface area contributed by atoms with Crippen molar-refractivity contribution < 1.29 is 19.1 Å². The number of aliphatic imine (C=N–C) groups is 1. The second kappa shape index (κ2) is 8.63. The number of carboxylic acid groups (broad SMARTS) is 1. The lowest BCUT2D eigenvalue weighted by Gasteiger charge is -2.07. The molecule has 3 aromatic rings. The van der Waals surface area contributed by atoms with Crippen molar-refractivity contribution in [1.29, 1.82) is 0 Å². The molecule has 1 saturated heterocycles. The lowest BCUT2D eigenvalue weighted by atomic mass is 10.2. The Balaban J connectivity index is 1.61. The lowest BCUT2D eigenvalue weighted by molar-refractivity contribution is -0.121. The molecule has 0 saturated carbocycles. The molecule has 0 radical (unpaired) electrons. The van der Waals surface area contributed by atoms with E-state index in [-0.39, 0.29) is 11.5 Å². The first-order valence-corrected chi connectivity index (χ1v) is 10.5. The predicted octanol–water partition coefficient (Wildman–Crippen LogP) is 6.19. The normalized spacial score (nSPS) is 16.5. The molecule has 0 unspecified atom stereocenters. The minimum atomic E-state index is -1.04. The summed E-state index contributed by atoms with van der Waals surface area (Å²) in [5.74, 6) is -0.275. The van der Waals surface area contributed by atoms with Gasteiger partial charge in [0.2, 0.25) is 0 Å². The van der Waals surface area contributed by atoms with Crippen molar-refractivity contribution in [1.82, 2.24) is 4.90 Å². The van der Waals surface area contributed by atoms with Crippen molar-refractivity contribution in [3.05, 3.63) is 80.9 Å². The van der Waals surface area contributed by atoms with Crippen LogP contribution in [0.3, 0.4) is 0 Å². The number of hydrogen-bond donors (Lipinski definition) is 1. The Hall–Kier alpha value is -3.00. The zero-order valence-corrected chi connectivity index (χ0v) is 18.3. The molecule has 1 amide bonds. The first-order chi connectivity index (χ1) is 14.8. The Labute approximate surface area is 191 Å². The zero-order valence-electron chi connectivity index (χ0n) is 16.0. The second-order valence-corrected chi connectivity index (χ2v) is 8.40. The van der Waals surface area contributed by atoms with E-state index >= 15 is 0 Å². The molecular formula is C22H14Cl2N2O4S. The molecule has 0 atom stereocenters. The fraction of sp³-hybridized carbons (Fsp3) is 0.0455. The van der Waals surface area contributed by atoms with Gasteiger partial charge in [-0.2, -0.15) is 0 Å². The zero-order chi connectivity index (χ0) is 22.1. The summed E-state index contributed by atoms with van der Waals surface area (Å²) in [6, 6.07) is 14.8. The number of rotatable bonds is 4. The van der Waals surface area contributed by atoms with E-state index in [4.69, 9.17) is 32.7 Å². The number of amides is 1. The quantitative estimate of drug-likeness (QED) is 0.457. The average molecular weight is 473 g/mol. The van der Waals surface area contributed by atoms with Gasteiger partial charge in [0.1, 0.15) is 11.5 Å². The van der Waals surface area contributed by atoms with Gasteiger partial charge in [-0.1, -0.05) is 29.3 Å². The molecule has 31 heavy (non-hydrogen) atoms. The van der Waals surface area contributed by atoms with Crippen molar-refractivity contribution >= 4 is 63.8 Å². The number of halogens is 2. The van der Waals surface area contributed by atoms with Crippen molar-refractivity contribution in [2.24, 2.45) is 4.99 Å². The van der Waals surface area contributed by atoms with E-state index < -0.39 is 5.97 Å². The highest BCUT2D eigenvalue weighted by atomic mass is 35.5. The molecule has 1 aromatic heterocycles. The monoisotopic (exact) mass is 472 g/mol. The Morgan fingerprint density at radius 2 is 1.97 bits per heavy atom. The van der Waals surface area contributed by atoms with Gasteiger partial charge in [0.25, 0.3) is 5.91 Å². The number of benzene rings is 2. The smallest absolute Gasteiger partial charge is 0.335 e. The van der Waals surface area contributed by atoms with Crippen molar-refractivity contribution in [3.63, 3.8) is 0 Å². The Kier molecular flexibility index (Phi) is 5.91. The molecule has 0 spiro atoms. The molecule has 156 valence electrons. The molecule has 0 bridgehead atoms. The summed E-state index contributed by atoms with van der Waals surface area (Å²) < 4.78 is 5.84. The molecule has 6 nitrogen and oxygen atoms in total. The van der Waals surface area contributed by atoms with E-state index in [0.717, 1.165) is 0 Å². The van der Waals surface area contributed by atoms with Crippen LogP contribution < -0.4 is 0 Å². The van der Waals surface area contributed by atoms with Crippen LogP contribution in [0, 0.1) is 0 Å². The average Bonchev–Trinajstić information content (AvgIpc) is 3.31. The number of carbonyl (C=O) groups excluding carboxylic acids is 1. The Morgan fingerprint density at radius 3 is 2.74 bits per heavy atom. The molecule has 4 rings (SSSR count).